The van der Waals surface area contributed by atoms with Gasteiger partial charge in [-0.2, -0.15) is 0 Å². The van der Waals surface area contributed by atoms with E-state index in [-0.39, 0.29) is 0 Å². The summed E-state index contributed by atoms with van der Waals surface area (Å²) in [7, 11) is 0. The second-order valence-electron chi connectivity index (χ2n) is 5.20. The highest BCUT2D eigenvalue weighted by atomic mass is 32.1. The van der Waals surface area contributed by atoms with Crippen molar-refractivity contribution in [3.63, 3.8) is 0 Å². The number of rotatable bonds is 4. The Labute approximate surface area is 124 Å². The Balaban J connectivity index is 1.90. The summed E-state index contributed by atoms with van der Waals surface area (Å²) in [5.74, 6) is 0. The number of fused-ring (bicyclic) bond motifs is 1. The molecular weight excluding hydrogens is 266 g/mol. The van der Waals surface area contributed by atoms with Crippen molar-refractivity contribution in [2.75, 3.05) is 18.0 Å². The summed E-state index contributed by atoms with van der Waals surface area (Å²) >= 11 is 1.89. The predicted octanol–water partition coefficient (Wildman–Crippen LogP) is 3.38. The van der Waals surface area contributed by atoms with Crippen LogP contribution in [0.2, 0.25) is 0 Å². The molecule has 1 atom stereocenters. The van der Waals surface area contributed by atoms with Crippen LogP contribution >= 0.6 is 11.3 Å². The molecular formula is C16H21N3S. The molecule has 20 heavy (non-hydrogen) atoms. The summed E-state index contributed by atoms with van der Waals surface area (Å²) in [5.41, 5.74) is 4.11. The molecule has 0 radical (unpaired) electrons. The molecule has 3 heterocycles. The van der Waals surface area contributed by atoms with Gasteiger partial charge < -0.3 is 10.2 Å². The van der Waals surface area contributed by atoms with Gasteiger partial charge in [0.15, 0.2) is 0 Å². The number of aromatic nitrogens is 1. The van der Waals surface area contributed by atoms with Gasteiger partial charge in [0.2, 0.25) is 0 Å². The molecule has 0 aliphatic carbocycles. The third-order valence-corrected chi connectivity index (χ3v) is 5.03. The smallest absolute Gasteiger partial charge is 0.0525 e. The van der Waals surface area contributed by atoms with Crippen LogP contribution < -0.4 is 10.2 Å². The van der Waals surface area contributed by atoms with Gasteiger partial charge in [0.25, 0.3) is 0 Å². The van der Waals surface area contributed by atoms with Crippen LogP contribution in [-0.2, 0) is 13.0 Å². The average Bonchev–Trinajstić information content (AvgIpc) is 2.95. The van der Waals surface area contributed by atoms with E-state index in [4.69, 9.17) is 0 Å². The third kappa shape index (κ3) is 2.45. The molecule has 1 aliphatic heterocycles. The largest absolute Gasteiger partial charge is 0.364 e. The Morgan fingerprint density at radius 2 is 2.35 bits per heavy atom. The molecule has 0 aromatic carbocycles. The van der Waals surface area contributed by atoms with Crippen molar-refractivity contribution >= 4 is 17.0 Å². The Kier molecular flexibility index (Phi) is 4.03. The second-order valence-corrected chi connectivity index (χ2v) is 6.20. The lowest BCUT2D eigenvalue weighted by molar-refractivity contribution is 0.624. The third-order valence-electron chi connectivity index (χ3n) is 4.03. The normalized spacial score (nSPS) is 18.1. The van der Waals surface area contributed by atoms with Crippen molar-refractivity contribution in [3.05, 3.63) is 45.9 Å². The molecule has 2 aromatic rings. The van der Waals surface area contributed by atoms with Gasteiger partial charge in [-0.15, -0.1) is 11.3 Å². The van der Waals surface area contributed by atoms with Crippen molar-refractivity contribution in [1.29, 1.82) is 0 Å². The van der Waals surface area contributed by atoms with E-state index in [0.29, 0.717) is 6.04 Å². The van der Waals surface area contributed by atoms with E-state index in [1.807, 2.05) is 23.7 Å². The van der Waals surface area contributed by atoms with Gasteiger partial charge >= 0.3 is 0 Å². The number of hydrogen-bond donors (Lipinski definition) is 1. The molecule has 0 fully saturated rings. The quantitative estimate of drug-likeness (QED) is 0.934. The first-order valence-corrected chi connectivity index (χ1v) is 8.15. The van der Waals surface area contributed by atoms with Crippen LogP contribution in [0.4, 0.5) is 5.69 Å². The fourth-order valence-electron chi connectivity index (χ4n) is 2.93. The molecule has 106 valence electrons. The topological polar surface area (TPSA) is 28.2 Å². The van der Waals surface area contributed by atoms with E-state index in [1.54, 1.807) is 4.88 Å². The van der Waals surface area contributed by atoms with Gasteiger partial charge in [-0.1, -0.05) is 6.92 Å². The molecule has 0 amide bonds. The maximum Gasteiger partial charge on any atom is 0.0525 e. The van der Waals surface area contributed by atoms with Crippen molar-refractivity contribution < 1.29 is 0 Å². The lowest BCUT2D eigenvalue weighted by Gasteiger charge is -2.36. The molecule has 0 saturated heterocycles. The minimum Gasteiger partial charge on any atom is -0.364 e. The highest BCUT2D eigenvalue weighted by molar-refractivity contribution is 7.10. The molecule has 1 N–H and O–H groups in total. The summed E-state index contributed by atoms with van der Waals surface area (Å²) in [6.07, 6.45) is 5.05. The monoisotopic (exact) mass is 287 g/mol. The minimum atomic E-state index is 0.452. The van der Waals surface area contributed by atoms with E-state index in [9.17, 15) is 0 Å². The predicted molar refractivity (Wildman–Crippen MR) is 85.4 cm³/mol. The number of pyridine rings is 1. The van der Waals surface area contributed by atoms with Gasteiger partial charge in [-0.25, -0.2) is 0 Å². The first-order valence-electron chi connectivity index (χ1n) is 7.27. The second kappa shape index (κ2) is 5.94. The molecule has 1 aliphatic rings. The lowest BCUT2D eigenvalue weighted by atomic mass is 10.00. The number of thiophene rings is 1. The fourth-order valence-corrected chi connectivity index (χ4v) is 3.90. The first kappa shape index (κ1) is 13.6. The van der Waals surface area contributed by atoms with Crippen LogP contribution in [-0.4, -0.2) is 18.1 Å². The number of hydrogen-bond acceptors (Lipinski definition) is 4. The number of nitrogens with one attached hydrogen (secondary N) is 1. The zero-order chi connectivity index (χ0) is 13.9. The van der Waals surface area contributed by atoms with Crippen LogP contribution in [0.15, 0.2) is 29.9 Å². The maximum atomic E-state index is 4.29. The summed E-state index contributed by atoms with van der Waals surface area (Å²) in [4.78, 5) is 8.36. The average molecular weight is 287 g/mol. The SMILES string of the molecule is CCNCc1cnccc1N1CCc2sccc2C1C. The van der Waals surface area contributed by atoms with Crippen molar-refractivity contribution in [2.45, 2.75) is 32.9 Å². The van der Waals surface area contributed by atoms with E-state index in [2.05, 4.69) is 46.6 Å². The molecule has 0 saturated carbocycles. The lowest BCUT2D eigenvalue weighted by Crippen LogP contribution is -2.34. The summed E-state index contributed by atoms with van der Waals surface area (Å²) in [6.45, 7) is 7.41. The number of nitrogens with zero attached hydrogens (tertiary/aromatic N) is 2. The van der Waals surface area contributed by atoms with Crippen LogP contribution in [0, 0.1) is 0 Å². The molecule has 4 heteroatoms. The molecule has 3 rings (SSSR count). The van der Waals surface area contributed by atoms with E-state index in [1.165, 1.54) is 16.8 Å². The molecule has 0 bridgehead atoms. The Hall–Kier alpha value is -1.39. The van der Waals surface area contributed by atoms with Gasteiger partial charge in [-0.3, -0.25) is 4.98 Å². The van der Waals surface area contributed by atoms with Gasteiger partial charge in [0, 0.05) is 41.6 Å². The zero-order valence-electron chi connectivity index (χ0n) is 12.1. The molecule has 2 aromatic heterocycles. The van der Waals surface area contributed by atoms with Crippen molar-refractivity contribution in [1.82, 2.24) is 10.3 Å². The summed E-state index contributed by atoms with van der Waals surface area (Å²) in [5, 5.41) is 5.63. The Morgan fingerprint density at radius 1 is 1.45 bits per heavy atom. The van der Waals surface area contributed by atoms with E-state index < -0.39 is 0 Å². The van der Waals surface area contributed by atoms with Gasteiger partial charge in [0.1, 0.15) is 0 Å². The minimum absolute atomic E-state index is 0.452. The van der Waals surface area contributed by atoms with Crippen LogP contribution in [0.1, 0.15) is 35.9 Å². The van der Waals surface area contributed by atoms with Gasteiger partial charge in [0.05, 0.1) is 6.04 Å². The van der Waals surface area contributed by atoms with E-state index in [0.717, 1.165) is 26.1 Å². The zero-order valence-corrected chi connectivity index (χ0v) is 12.9. The van der Waals surface area contributed by atoms with Crippen LogP contribution in [0.25, 0.3) is 0 Å². The molecule has 1 unspecified atom stereocenters. The highest BCUT2D eigenvalue weighted by Crippen LogP contribution is 2.36. The highest BCUT2D eigenvalue weighted by Gasteiger charge is 2.26. The van der Waals surface area contributed by atoms with E-state index >= 15 is 0 Å². The van der Waals surface area contributed by atoms with Crippen molar-refractivity contribution in [3.8, 4) is 0 Å². The van der Waals surface area contributed by atoms with Gasteiger partial charge in [-0.05, 0) is 43.0 Å². The number of anilines is 1. The molecule has 3 nitrogen and oxygen atoms in total. The van der Waals surface area contributed by atoms with Crippen LogP contribution in [0.5, 0.6) is 0 Å². The standard InChI is InChI=1S/C16H21N3S/c1-3-17-10-13-11-18-7-4-15(13)19-8-5-16-14(12(19)2)6-9-20-16/h4,6-7,9,11-12,17H,3,5,8,10H2,1-2H3. The van der Waals surface area contributed by atoms with Crippen LogP contribution in [0.3, 0.4) is 0 Å². The molecule has 0 spiro atoms. The summed E-state index contributed by atoms with van der Waals surface area (Å²) in [6, 6.07) is 4.88. The Bertz CT molecular complexity index is 579. The first-order chi connectivity index (χ1) is 9.81. The fraction of sp³-hybridized carbons (Fsp3) is 0.438. The Morgan fingerprint density at radius 3 is 3.20 bits per heavy atom. The van der Waals surface area contributed by atoms with Crippen molar-refractivity contribution in [2.24, 2.45) is 0 Å². The maximum absolute atomic E-state index is 4.29. The summed E-state index contributed by atoms with van der Waals surface area (Å²) < 4.78 is 0.